The summed E-state index contributed by atoms with van der Waals surface area (Å²) in [6.45, 7) is -1.04. The summed E-state index contributed by atoms with van der Waals surface area (Å²) in [5.41, 5.74) is 0.709. The molecule has 7 N–H and O–H groups in total. The predicted molar refractivity (Wildman–Crippen MR) is 106 cm³/mol. The van der Waals surface area contributed by atoms with Crippen LogP contribution >= 0.6 is 0 Å². The van der Waals surface area contributed by atoms with E-state index in [1.165, 1.54) is 0 Å². The quantitative estimate of drug-likeness (QED) is 0.227. The first-order chi connectivity index (χ1) is 15.3. The molecule has 178 valence electrons. The lowest BCUT2D eigenvalue weighted by molar-refractivity contribution is -0.314. The molecular weight excluding hydrogens is 426 g/mol. The Morgan fingerprint density at radius 1 is 0.812 bits per heavy atom. The van der Waals surface area contributed by atoms with Crippen LogP contribution < -0.4 is 0 Å². The van der Waals surface area contributed by atoms with Crippen LogP contribution in [-0.4, -0.2) is 110 Å². The van der Waals surface area contributed by atoms with Gasteiger partial charge in [0.05, 0.1) is 31.3 Å². The second kappa shape index (κ2) is 11.0. The van der Waals surface area contributed by atoms with Gasteiger partial charge in [0.1, 0.15) is 48.8 Å². The highest BCUT2D eigenvalue weighted by molar-refractivity contribution is 5.25. The van der Waals surface area contributed by atoms with E-state index >= 15 is 0 Å². The molecule has 32 heavy (non-hydrogen) atoms. The average molecular weight is 455 g/mol. The number of hydrogen-bond acceptors (Lipinski definition) is 11. The van der Waals surface area contributed by atoms with Crippen LogP contribution in [0.15, 0.2) is 30.3 Å². The van der Waals surface area contributed by atoms with Crippen molar-refractivity contribution in [3.63, 3.8) is 0 Å². The van der Waals surface area contributed by atoms with E-state index in [9.17, 15) is 41.0 Å². The Kier molecular flexibility index (Phi) is 8.54. The van der Waals surface area contributed by atoms with E-state index in [1.54, 1.807) is 30.3 Å². The Balaban J connectivity index is 1.65. The number of nitrogens with zero attached hydrogens (tertiary/aromatic N) is 1. The monoisotopic (exact) mass is 455 g/mol. The van der Waals surface area contributed by atoms with Crippen LogP contribution in [0.3, 0.4) is 0 Å². The lowest BCUT2D eigenvalue weighted by Gasteiger charge is -2.43. The summed E-state index contributed by atoms with van der Waals surface area (Å²) in [5, 5.41) is 79.5. The lowest BCUT2D eigenvalue weighted by Crippen LogP contribution is -2.61. The van der Waals surface area contributed by atoms with Gasteiger partial charge < -0.3 is 50.0 Å². The summed E-state index contributed by atoms with van der Waals surface area (Å²) in [5.74, 6) is -0.634. The van der Waals surface area contributed by atoms with Crippen LogP contribution in [0.4, 0.5) is 0 Å². The molecule has 0 saturated carbocycles. The van der Waals surface area contributed by atoms with Gasteiger partial charge in [0.15, 0.2) is 6.29 Å². The maximum Gasteiger partial charge on any atom is 0.186 e. The molecule has 0 spiro atoms. The van der Waals surface area contributed by atoms with E-state index in [4.69, 9.17) is 14.2 Å². The maximum absolute atomic E-state index is 10.4. The van der Waals surface area contributed by atoms with Crippen molar-refractivity contribution in [2.45, 2.75) is 73.6 Å². The number of aliphatic hydroxyl groups is 7. The predicted octanol–water partition coefficient (Wildman–Crippen LogP) is -2.65. The number of nitriles is 1. The van der Waals surface area contributed by atoms with Crippen LogP contribution in [0.1, 0.15) is 17.9 Å². The van der Waals surface area contributed by atoms with Crippen molar-refractivity contribution in [1.82, 2.24) is 0 Å². The largest absolute Gasteiger partial charge is 0.394 e. The Bertz CT molecular complexity index is 759. The molecule has 1 aromatic rings. The number of ether oxygens (including phenoxy) is 3. The second-order valence-corrected chi connectivity index (χ2v) is 8.04. The molecule has 2 fully saturated rings. The van der Waals surface area contributed by atoms with Crippen LogP contribution in [0, 0.1) is 11.3 Å². The topological polar surface area (TPSA) is 193 Å². The highest BCUT2D eigenvalue weighted by Crippen LogP contribution is 2.30. The standard InChI is InChI=1S/C21H29NO10/c22-7-11(10-4-2-1-3-5-10)6-12-15(24)18(27)17(26)14(31-12)9-30-21-20(29)19(28)16(25)13(8-23)32-21/h1-5,11-21,23-29H,6,8-9H2/t11?,12-,13?,14?,15?,16+,17+,18?,19?,20?,21+/m0/s1. The fraction of sp³-hybridized carbons (Fsp3) is 0.667. The summed E-state index contributed by atoms with van der Waals surface area (Å²) < 4.78 is 16.4. The fourth-order valence-electron chi connectivity index (χ4n) is 3.94. The van der Waals surface area contributed by atoms with Crippen molar-refractivity contribution < 1.29 is 50.0 Å². The van der Waals surface area contributed by atoms with Crippen molar-refractivity contribution in [3.05, 3.63) is 35.9 Å². The van der Waals surface area contributed by atoms with Crippen molar-refractivity contribution in [2.24, 2.45) is 0 Å². The first-order valence-electron chi connectivity index (χ1n) is 10.3. The Labute approximate surface area is 184 Å². The molecule has 3 rings (SSSR count). The highest BCUT2D eigenvalue weighted by Gasteiger charge is 2.47. The summed E-state index contributed by atoms with van der Waals surface area (Å²) in [4.78, 5) is 0. The molecule has 0 amide bonds. The number of rotatable bonds is 7. The molecule has 1 aromatic carbocycles. The van der Waals surface area contributed by atoms with Gasteiger partial charge >= 0.3 is 0 Å². The van der Waals surface area contributed by atoms with Crippen molar-refractivity contribution in [1.29, 1.82) is 5.26 Å². The third-order valence-electron chi connectivity index (χ3n) is 5.91. The maximum atomic E-state index is 10.4. The van der Waals surface area contributed by atoms with E-state index < -0.39 is 80.4 Å². The Morgan fingerprint density at radius 2 is 1.41 bits per heavy atom. The van der Waals surface area contributed by atoms with Crippen LogP contribution in [-0.2, 0) is 14.2 Å². The van der Waals surface area contributed by atoms with E-state index in [2.05, 4.69) is 6.07 Å². The molecule has 0 aliphatic carbocycles. The minimum absolute atomic E-state index is 0.0437. The first kappa shape index (κ1) is 24.9. The summed E-state index contributed by atoms with van der Waals surface area (Å²) in [6.07, 6.45) is -14.1. The molecule has 2 aliphatic heterocycles. The summed E-state index contributed by atoms with van der Waals surface area (Å²) in [7, 11) is 0. The summed E-state index contributed by atoms with van der Waals surface area (Å²) in [6, 6.07) is 11.0. The van der Waals surface area contributed by atoms with E-state index in [-0.39, 0.29) is 6.42 Å². The Morgan fingerprint density at radius 3 is 2.03 bits per heavy atom. The highest BCUT2D eigenvalue weighted by atomic mass is 16.7. The minimum Gasteiger partial charge on any atom is -0.394 e. The fourth-order valence-corrected chi connectivity index (χ4v) is 3.94. The molecule has 7 unspecified atom stereocenters. The van der Waals surface area contributed by atoms with Gasteiger partial charge in [-0.05, 0) is 12.0 Å². The zero-order valence-corrected chi connectivity index (χ0v) is 17.2. The molecule has 0 aromatic heterocycles. The van der Waals surface area contributed by atoms with Gasteiger partial charge in [-0.3, -0.25) is 0 Å². The molecule has 11 nitrogen and oxygen atoms in total. The van der Waals surface area contributed by atoms with Crippen molar-refractivity contribution in [2.75, 3.05) is 13.2 Å². The van der Waals surface area contributed by atoms with E-state index in [0.717, 1.165) is 0 Å². The van der Waals surface area contributed by atoms with Gasteiger partial charge in [0.2, 0.25) is 0 Å². The summed E-state index contributed by atoms with van der Waals surface area (Å²) >= 11 is 0. The minimum atomic E-state index is -1.64. The zero-order chi connectivity index (χ0) is 23.4. The third-order valence-corrected chi connectivity index (χ3v) is 5.91. The third kappa shape index (κ3) is 5.27. The van der Waals surface area contributed by atoms with Crippen LogP contribution in [0.2, 0.25) is 0 Å². The van der Waals surface area contributed by atoms with E-state index in [0.29, 0.717) is 5.56 Å². The molecular formula is C21H29NO10. The smallest absolute Gasteiger partial charge is 0.186 e. The number of hydrogen-bond donors (Lipinski definition) is 7. The Hall–Kier alpha value is -1.69. The molecule has 0 bridgehead atoms. The normalized spacial score (nSPS) is 41.1. The second-order valence-electron chi connectivity index (χ2n) is 8.04. The SMILES string of the molecule is N#CC(C[C@@H]1OC(CO[C@@H]2OC(CO)[C@@H](O)C(O)C2O)[C@@H](O)C(O)C1O)c1ccccc1. The van der Waals surface area contributed by atoms with Crippen LogP contribution in [0.5, 0.6) is 0 Å². The molecule has 11 atom stereocenters. The van der Waals surface area contributed by atoms with E-state index in [1.807, 2.05) is 0 Å². The molecule has 11 heteroatoms. The van der Waals surface area contributed by atoms with Gasteiger partial charge in [0.25, 0.3) is 0 Å². The van der Waals surface area contributed by atoms with Gasteiger partial charge in [0, 0.05) is 0 Å². The van der Waals surface area contributed by atoms with Crippen LogP contribution in [0.25, 0.3) is 0 Å². The molecule has 0 radical (unpaired) electrons. The van der Waals surface area contributed by atoms with Crippen molar-refractivity contribution in [3.8, 4) is 6.07 Å². The number of benzene rings is 1. The van der Waals surface area contributed by atoms with Crippen molar-refractivity contribution >= 4 is 0 Å². The number of aliphatic hydroxyl groups excluding tert-OH is 7. The van der Waals surface area contributed by atoms with Gasteiger partial charge in [-0.15, -0.1) is 0 Å². The molecule has 2 aliphatic rings. The lowest BCUT2D eigenvalue weighted by atomic mass is 9.87. The van der Waals surface area contributed by atoms with Gasteiger partial charge in [-0.25, -0.2) is 0 Å². The molecule has 2 saturated heterocycles. The molecule has 2 heterocycles. The average Bonchev–Trinajstić information content (AvgIpc) is 2.81. The zero-order valence-electron chi connectivity index (χ0n) is 17.2. The van der Waals surface area contributed by atoms with Gasteiger partial charge in [-0.1, -0.05) is 30.3 Å². The van der Waals surface area contributed by atoms with Gasteiger partial charge in [-0.2, -0.15) is 5.26 Å². The first-order valence-corrected chi connectivity index (χ1v) is 10.3.